The molecule has 10 rings (SSSR count). The Kier molecular flexibility index (Phi) is 20.3. The number of fused-ring (bicyclic) bond motifs is 4. The largest absolute Gasteiger partial charge is 2.00 e. The Morgan fingerprint density at radius 2 is 0.717 bits per heavy atom. The van der Waals surface area contributed by atoms with Gasteiger partial charge in [-0.15, -0.1) is 138 Å². The van der Waals surface area contributed by atoms with Crippen molar-refractivity contribution in [1.82, 2.24) is 0 Å². The average Bonchev–Trinajstić information content (AvgIpc) is 4.04. The van der Waals surface area contributed by atoms with Crippen LogP contribution in [0.3, 0.4) is 0 Å². The number of aryl methyl sites for hydroxylation is 6. The number of hydrogen-bond acceptors (Lipinski definition) is 0. The Morgan fingerprint density at radius 1 is 0.367 bits per heavy atom. The van der Waals surface area contributed by atoms with Crippen molar-refractivity contribution in [2.24, 2.45) is 0 Å². The minimum absolute atomic E-state index is 0. The summed E-state index contributed by atoms with van der Waals surface area (Å²) in [6, 6.07) is 65.3. The summed E-state index contributed by atoms with van der Waals surface area (Å²) in [4.78, 5) is 0. The molecule has 0 radical (unpaired) electrons. The molecule has 60 heavy (non-hydrogen) atoms. The van der Waals surface area contributed by atoms with Gasteiger partial charge in [-0.25, -0.2) is 0 Å². The summed E-state index contributed by atoms with van der Waals surface area (Å²) in [6.07, 6.45) is 0. The summed E-state index contributed by atoms with van der Waals surface area (Å²) >= 11 is 0. The smallest absolute Gasteiger partial charge is 1.00 e. The van der Waals surface area contributed by atoms with Gasteiger partial charge >= 0.3 is 52.4 Å². The van der Waals surface area contributed by atoms with Gasteiger partial charge in [0.15, 0.2) is 0 Å². The van der Waals surface area contributed by atoms with E-state index in [2.05, 4.69) is 224 Å². The molecule has 0 fully saturated rings. The van der Waals surface area contributed by atoms with Gasteiger partial charge in [0.05, 0.1) is 0 Å². The number of hydrogen-bond donors (Lipinski definition) is 0. The maximum atomic E-state index is 2.31. The normalized spacial score (nSPS) is 10.5. The van der Waals surface area contributed by atoms with E-state index in [1.54, 1.807) is 0 Å². The maximum absolute atomic E-state index is 2.31. The molecule has 10 aromatic carbocycles. The van der Waals surface area contributed by atoms with Gasteiger partial charge in [-0.3, -0.25) is 0 Å². The van der Waals surface area contributed by atoms with Crippen LogP contribution in [0.25, 0.3) is 43.1 Å². The molecule has 0 nitrogen and oxygen atoms in total. The summed E-state index contributed by atoms with van der Waals surface area (Å²) < 4.78 is 0. The third-order valence-electron chi connectivity index (χ3n) is 10.6. The number of halogens is 2. The Balaban J connectivity index is 0.000000213. The third-order valence-corrected chi connectivity index (χ3v) is 13.4. The van der Waals surface area contributed by atoms with Gasteiger partial charge in [0.2, 0.25) is 0 Å². The first kappa shape index (κ1) is 50.6. The van der Waals surface area contributed by atoms with Gasteiger partial charge in [-0.1, -0.05) is 115 Å². The zero-order valence-corrected chi connectivity index (χ0v) is 42.0. The monoisotopic (exact) mass is 978 g/mol. The molecular formula is C54H50F2P2Zr2-2. The fraction of sp³-hybridized carbons (Fsp3) is 0.111. The van der Waals surface area contributed by atoms with E-state index < -0.39 is 0 Å². The molecule has 0 amide bonds. The molecule has 0 aliphatic heterocycles. The minimum Gasteiger partial charge on any atom is -1.00 e. The molecule has 0 bridgehead atoms. The molecule has 0 aliphatic carbocycles. The van der Waals surface area contributed by atoms with Crippen molar-refractivity contribution in [3.8, 4) is 0 Å². The minimum atomic E-state index is 0. The van der Waals surface area contributed by atoms with Crippen molar-refractivity contribution in [2.75, 3.05) is 0 Å². The van der Waals surface area contributed by atoms with Crippen molar-refractivity contribution < 1.29 is 61.8 Å². The molecule has 0 saturated heterocycles. The van der Waals surface area contributed by atoms with Crippen LogP contribution in [0.4, 0.5) is 0 Å². The van der Waals surface area contributed by atoms with Gasteiger partial charge in [0.25, 0.3) is 0 Å². The topological polar surface area (TPSA) is 0 Å². The van der Waals surface area contributed by atoms with Gasteiger partial charge < -0.3 is 9.41 Å². The average molecular weight is 981 g/mol. The van der Waals surface area contributed by atoms with Crippen molar-refractivity contribution in [1.29, 1.82) is 0 Å². The molecular weight excluding hydrogens is 931 g/mol. The van der Waals surface area contributed by atoms with Crippen molar-refractivity contribution in [2.45, 2.75) is 41.5 Å². The zero-order chi connectivity index (χ0) is 39.0. The van der Waals surface area contributed by atoms with Crippen LogP contribution >= 0.6 is 17.2 Å². The second-order valence-electron chi connectivity index (χ2n) is 14.7. The summed E-state index contributed by atoms with van der Waals surface area (Å²) in [5.74, 6) is 0. The molecule has 2 atom stereocenters. The standard InChI is InChI=1S/2C16H14P.2C11H11.2FH.2Zr/c2*1-12-6-2-5-9-16(12)17-15-10-13-7-3-4-8-14(13)11-15;2*1-8-6-7-9(2)11-5-3-4-10(8)11;;;;/h2*2-11,17H,1H3;2*3-7H,1-2H3;2*1H;;/q4*-1;;;2*+2/p-2. The number of benzene rings is 6. The predicted octanol–water partition coefficient (Wildman–Crippen LogP) is 7.35. The van der Waals surface area contributed by atoms with E-state index in [1.165, 1.54) is 97.7 Å². The van der Waals surface area contributed by atoms with E-state index in [0.717, 1.165) is 17.2 Å². The Hall–Kier alpha value is -3.75. The first-order valence-corrected chi connectivity index (χ1v) is 21.4. The Bertz CT molecular complexity index is 2520. The second-order valence-corrected chi connectivity index (χ2v) is 17.5. The second kappa shape index (κ2) is 24.0. The Labute approximate surface area is 396 Å². The number of rotatable bonds is 4. The van der Waals surface area contributed by atoms with Crippen LogP contribution in [0.1, 0.15) is 33.4 Å². The van der Waals surface area contributed by atoms with E-state index in [-0.39, 0.29) is 61.8 Å². The van der Waals surface area contributed by atoms with Crippen LogP contribution < -0.4 is 30.6 Å². The van der Waals surface area contributed by atoms with Crippen molar-refractivity contribution >= 4 is 81.5 Å². The van der Waals surface area contributed by atoms with Crippen LogP contribution in [-0.2, 0) is 52.4 Å². The van der Waals surface area contributed by atoms with Gasteiger partial charge in [0, 0.05) is 0 Å². The third kappa shape index (κ3) is 12.7. The summed E-state index contributed by atoms with van der Waals surface area (Å²) in [7, 11) is 1.52. The van der Waals surface area contributed by atoms with E-state index in [0.29, 0.717) is 0 Å². The van der Waals surface area contributed by atoms with E-state index in [4.69, 9.17) is 0 Å². The molecule has 0 aliphatic rings. The summed E-state index contributed by atoms with van der Waals surface area (Å²) in [6.45, 7) is 13.0. The van der Waals surface area contributed by atoms with Crippen LogP contribution in [0.5, 0.6) is 0 Å². The fourth-order valence-electron chi connectivity index (χ4n) is 7.26. The fourth-order valence-corrected chi connectivity index (χ4v) is 9.71. The van der Waals surface area contributed by atoms with Crippen LogP contribution in [0, 0.1) is 41.5 Å². The summed E-state index contributed by atoms with van der Waals surface area (Å²) in [5.41, 5.74) is 8.25. The van der Waals surface area contributed by atoms with Crippen molar-refractivity contribution in [3.05, 3.63) is 215 Å². The maximum Gasteiger partial charge on any atom is 2.00 e. The van der Waals surface area contributed by atoms with Crippen LogP contribution in [-0.4, -0.2) is 0 Å². The first-order chi connectivity index (χ1) is 27.2. The molecule has 0 aromatic heterocycles. The zero-order valence-electron chi connectivity index (χ0n) is 35.1. The molecule has 2 unspecified atom stereocenters. The van der Waals surface area contributed by atoms with E-state index in [9.17, 15) is 0 Å². The quantitative estimate of drug-likeness (QED) is 0.128. The molecule has 6 heteroatoms. The Morgan fingerprint density at radius 3 is 1.08 bits per heavy atom. The van der Waals surface area contributed by atoms with Gasteiger partial charge in [-0.05, 0) is 49.4 Å². The van der Waals surface area contributed by atoms with Crippen LogP contribution in [0.15, 0.2) is 182 Å². The SMILES string of the molecule is Cc1ccc(C)c2[cH-]ccc12.Cc1ccc(C)c2[cH-]ccc12.Cc1ccccc1Pc1cc2ccccc2[cH-]1.Cc1ccccc1Pc1cc2ccccc2[cH-]1.[F-].[F-].[Zr+2].[Zr+2]. The van der Waals surface area contributed by atoms with Gasteiger partial charge in [0.1, 0.15) is 0 Å². The molecule has 300 valence electrons. The molecule has 0 spiro atoms. The van der Waals surface area contributed by atoms with E-state index >= 15 is 0 Å². The molecule has 0 saturated carbocycles. The van der Waals surface area contributed by atoms with Gasteiger partial charge in [-0.2, -0.15) is 36.4 Å². The molecule has 10 aromatic rings. The van der Waals surface area contributed by atoms with E-state index in [1.807, 2.05) is 0 Å². The molecule has 0 heterocycles. The summed E-state index contributed by atoms with van der Waals surface area (Å²) in [5, 5.41) is 16.7. The first-order valence-electron chi connectivity index (χ1n) is 19.4. The molecule has 0 N–H and O–H groups in total. The van der Waals surface area contributed by atoms with Crippen LogP contribution in [0.2, 0.25) is 0 Å². The van der Waals surface area contributed by atoms with Crippen molar-refractivity contribution in [3.63, 3.8) is 0 Å². The predicted molar refractivity (Wildman–Crippen MR) is 255 cm³/mol.